The minimum Gasteiger partial charge on any atom is -0.490 e. The van der Waals surface area contributed by atoms with E-state index in [0.717, 1.165) is 25.9 Å². The molecule has 2 aromatic rings. The molecule has 1 aliphatic heterocycles. The Balaban J connectivity index is 2.08. The molecule has 2 heterocycles. The number of nitrogens with one attached hydrogen (secondary N) is 1. The van der Waals surface area contributed by atoms with Gasteiger partial charge in [0.25, 0.3) is 5.56 Å². The summed E-state index contributed by atoms with van der Waals surface area (Å²) in [7, 11) is 0. The molecule has 7 heteroatoms. The van der Waals surface area contributed by atoms with E-state index in [9.17, 15) is 10.1 Å². The average molecular weight is 382 g/mol. The lowest BCUT2D eigenvalue weighted by atomic mass is 10.1. The van der Waals surface area contributed by atoms with E-state index in [-0.39, 0.29) is 5.56 Å². The Morgan fingerprint density at radius 1 is 1.11 bits per heavy atom. The lowest BCUT2D eigenvalue weighted by Crippen LogP contribution is -2.29. The maximum Gasteiger partial charge on any atom is 0.270 e. The Morgan fingerprint density at radius 3 is 2.43 bits per heavy atom. The maximum absolute atomic E-state index is 12.6. The predicted molar refractivity (Wildman–Crippen MR) is 108 cm³/mol. The van der Waals surface area contributed by atoms with E-state index in [2.05, 4.69) is 14.9 Å². The Hall–Kier alpha value is -3.01. The molecular formula is C21H26N4O3. The van der Waals surface area contributed by atoms with Gasteiger partial charge in [0.15, 0.2) is 11.5 Å². The van der Waals surface area contributed by atoms with Crippen LogP contribution < -0.4 is 19.9 Å². The molecule has 1 aromatic carbocycles. The topological polar surface area (TPSA) is 91.2 Å². The second-order valence-corrected chi connectivity index (χ2v) is 6.65. The quantitative estimate of drug-likeness (QED) is 0.822. The van der Waals surface area contributed by atoms with Crippen LogP contribution in [0.15, 0.2) is 23.0 Å². The van der Waals surface area contributed by atoms with Gasteiger partial charge in [-0.3, -0.25) is 9.78 Å². The van der Waals surface area contributed by atoms with E-state index in [0.29, 0.717) is 41.9 Å². The van der Waals surface area contributed by atoms with Gasteiger partial charge in [-0.15, -0.1) is 0 Å². The van der Waals surface area contributed by atoms with E-state index in [1.165, 1.54) is 12.8 Å². The van der Waals surface area contributed by atoms with Gasteiger partial charge in [-0.2, -0.15) is 5.26 Å². The molecule has 0 aliphatic carbocycles. The van der Waals surface area contributed by atoms with Crippen molar-refractivity contribution < 1.29 is 9.47 Å². The molecule has 1 N–H and O–H groups in total. The van der Waals surface area contributed by atoms with Gasteiger partial charge < -0.3 is 14.4 Å². The van der Waals surface area contributed by atoms with Crippen LogP contribution >= 0.6 is 0 Å². The Kier molecular flexibility index (Phi) is 6.53. The molecule has 1 aliphatic rings. The SMILES string of the molecule is CCOc1ccc(-c2nc(N3CCCCCC3)[nH]c(=O)c2C#N)cc1OCC. The lowest BCUT2D eigenvalue weighted by Gasteiger charge is -2.21. The summed E-state index contributed by atoms with van der Waals surface area (Å²) in [4.78, 5) is 22.1. The summed E-state index contributed by atoms with van der Waals surface area (Å²) in [5.74, 6) is 1.72. The number of benzene rings is 1. The number of anilines is 1. The fourth-order valence-electron chi connectivity index (χ4n) is 3.40. The molecule has 0 unspecified atom stereocenters. The number of hydrogen-bond acceptors (Lipinski definition) is 6. The standard InChI is InChI=1S/C21H26N4O3/c1-3-27-17-10-9-15(13-18(17)28-4-2)19-16(14-22)20(26)24-21(23-19)25-11-7-5-6-8-12-25/h9-10,13H,3-8,11-12H2,1-2H3,(H,23,24,26). The van der Waals surface area contributed by atoms with Crippen molar-refractivity contribution in [3.05, 3.63) is 34.1 Å². The van der Waals surface area contributed by atoms with Gasteiger partial charge >= 0.3 is 0 Å². The molecule has 0 amide bonds. The third-order valence-electron chi connectivity index (χ3n) is 4.74. The van der Waals surface area contributed by atoms with Gasteiger partial charge in [-0.1, -0.05) is 12.8 Å². The van der Waals surface area contributed by atoms with Crippen molar-refractivity contribution in [3.8, 4) is 28.8 Å². The first kappa shape index (κ1) is 19.7. The first-order chi connectivity index (χ1) is 13.7. The molecule has 28 heavy (non-hydrogen) atoms. The van der Waals surface area contributed by atoms with Crippen molar-refractivity contribution in [2.45, 2.75) is 39.5 Å². The molecule has 0 spiro atoms. The van der Waals surface area contributed by atoms with Crippen LogP contribution in [0, 0.1) is 11.3 Å². The molecule has 3 rings (SSSR count). The van der Waals surface area contributed by atoms with Crippen molar-refractivity contribution in [1.29, 1.82) is 5.26 Å². The van der Waals surface area contributed by atoms with Crippen molar-refractivity contribution >= 4 is 5.95 Å². The minimum atomic E-state index is -0.418. The summed E-state index contributed by atoms with van der Waals surface area (Å²) in [6, 6.07) is 7.38. The van der Waals surface area contributed by atoms with Gasteiger partial charge in [0.2, 0.25) is 5.95 Å². The second-order valence-electron chi connectivity index (χ2n) is 6.65. The summed E-state index contributed by atoms with van der Waals surface area (Å²) in [5, 5.41) is 9.54. The van der Waals surface area contributed by atoms with E-state index in [4.69, 9.17) is 9.47 Å². The third-order valence-corrected chi connectivity index (χ3v) is 4.74. The third kappa shape index (κ3) is 4.28. The zero-order chi connectivity index (χ0) is 19.9. The molecule has 1 saturated heterocycles. The summed E-state index contributed by atoms with van der Waals surface area (Å²) in [6.07, 6.45) is 4.49. The lowest BCUT2D eigenvalue weighted by molar-refractivity contribution is 0.288. The summed E-state index contributed by atoms with van der Waals surface area (Å²) >= 11 is 0. The van der Waals surface area contributed by atoms with Gasteiger partial charge in [0, 0.05) is 18.7 Å². The summed E-state index contributed by atoms with van der Waals surface area (Å²) < 4.78 is 11.3. The van der Waals surface area contributed by atoms with Crippen molar-refractivity contribution in [2.75, 3.05) is 31.2 Å². The largest absolute Gasteiger partial charge is 0.490 e. The van der Waals surface area contributed by atoms with Crippen LogP contribution in [-0.2, 0) is 0 Å². The van der Waals surface area contributed by atoms with E-state index >= 15 is 0 Å². The monoisotopic (exact) mass is 382 g/mol. The molecule has 0 radical (unpaired) electrons. The van der Waals surface area contributed by atoms with Crippen LogP contribution in [-0.4, -0.2) is 36.3 Å². The van der Waals surface area contributed by atoms with E-state index in [1.807, 2.05) is 26.0 Å². The van der Waals surface area contributed by atoms with Gasteiger partial charge in [-0.25, -0.2) is 4.98 Å². The first-order valence-electron chi connectivity index (χ1n) is 9.87. The molecule has 0 bridgehead atoms. The smallest absolute Gasteiger partial charge is 0.270 e. The first-order valence-corrected chi connectivity index (χ1v) is 9.87. The van der Waals surface area contributed by atoms with E-state index < -0.39 is 5.56 Å². The molecule has 1 aromatic heterocycles. The molecule has 7 nitrogen and oxygen atoms in total. The van der Waals surface area contributed by atoms with Crippen LogP contribution in [0.5, 0.6) is 11.5 Å². The van der Waals surface area contributed by atoms with Gasteiger partial charge in [-0.05, 0) is 44.9 Å². The number of ether oxygens (including phenoxy) is 2. The molecular weight excluding hydrogens is 356 g/mol. The maximum atomic E-state index is 12.6. The van der Waals surface area contributed by atoms with Crippen molar-refractivity contribution in [2.24, 2.45) is 0 Å². The number of nitriles is 1. The second kappa shape index (κ2) is 9.27. The predicted octanol–water partition coefficient (Wildman–Crippen LogP) is 3.49. The zero-order valence-electron chi connectivity index (χ0n) is 16.5. The van der Waals surface area contributed by atoms with Crippen LogP contribution in [0.1, 0.15) is 45.1 Å². The number of rotatable bonds is 6. The number of aromatic nitrogens is 2. The Bertz CT molecular complexity index is 909. The Labute approximate surface area is 164 Å². The molecule has 0 saturated carbocycles. The molecule has 148 valence electrons. The highest BCUT2D eigenvalue weighted by Gasteiger charge is 2.19. The highest BCUT2D eigenvalue weighted by atomic mass is 16.5. The number of hydrogen-bond donors (Lipinski definition) is 1. The number of H-pyrrole nitrogens is 1. The Morgan fingerprint density at radius 2 is 1.79 bits per heavy atom. The zero-order valence-corrected chi connectivity index (χ0v) is 16.5. The minimum absolute atomic E-state index is 0.00480. The van der Waals surface area contributed by atoms with Crippen molar-refractivity contribution in [3.63, 3.8) is 0 Å². The van der Waals surface area contributed by atoms with Crippen LogP contribution in [0.25, 0.3) is 11.3 Å². The van der Waals surface area contributed by atoms with Crippen LogP contribution in [0.3, 0.4) is 0 Å². The number of aromatic amines is 1. The van der Waals surface area contributed by atoms with Crippen molar-refractivity contribution in [1.82, 2.24) is 9.97 Å². The highest BCUT2D eigenvalue weighted by molar-refractivity contribution is 5.70. The number of nitrogens with zero attached hydrogens (tertiary/aromatic N) is 3. The fraction of sp³-hybridized carbons (Fsp3) is 0.476. The fourth-order valence-corrected chi connectivity index (χ4v) is 3.40. The van der Waals surface area contributed by atoms with Crippen LogP contribution in [0.2, 0.25) is 0 Å². The highest BCUT2D eigenvalue weighted by Crippen LogP contribution is 2.33. The average Bonchev–Trinajstić information content (AvgIpc) is 2.98. The van der Waals surface area contributed by atoms with E-state index in [1.54, 1.807) is 12.1 Å². The summed E-state index contributed by atoms with van der Waals surface area (Å²) in [5.41, 5.74) is 0.615. The van der Waals surface area contributed by atoms with Crippen LogP contribution in [0.4, 0.5) is 5.95 Å². The summed E-state index contributed by atoms with van der Waals surface area (Å²) in [6.45, 7) is 6.50. The normalized spacial score (nSPS) is 14.2. The molecule has 0 atom stereocenters. The van der Waals surface area contributed by atoms with Gasteiger partial charge in [0.1, 0.15) is 11.6 Å². The molecule has 1 fully saturated rings. The van der Waals surface area contributed by atoms with Gasteiger partial charge in [0.05, 0.1) is 18.9 Å².